The van der Waals surface area contributed by atoms with Crippen LogP contribution in [-0.2, 0) is 9.53 Å². The van der Waals surface area contributed by atoms with Gasteiger partial charge in [-0.1, -0.05) is 41.4 Å². The van der Waals surface area contributed by atoms with Crippen molar-refractivity contribution in [3.05, 3.63) is 75.6 Å². The summed E-state index contributed by atoms with van der Waals surface area (Å²) in [5, 5.41) is 20.7. The van der Waals surface area contributed by atoms with E-state index in [4.69, 9.17) is 16.3 Å². The van der Waals surface area contributed by atoms with Gasteiger partial charge in [0.25, 0.3) is 5.56 Å². The van der Waals surface area contributed by atoms with Crippen molar-refractivity contribution in [3.63, 3.8) is 0 Å². The number of aryl methyl sites for hydroxylation is 1. The topological polar surface area (TPSA) is 136 Å². The number of halogens is 1. The lowest BCUT2D eigenvalue weighted by molar-refractivity contribution is -0.125. The fraction of sp³-hybridized carbons (Fsp3) is 0.370. The van der Waals surface area contributed by atoms with Crippen molar-refractivity contribution in [2.24, 2.45) is 0 Å². The van der Waals surface area contributed by atoms with Crippen LogP contribution in [0.5, 0.6) is 0 Å². The van der Waals surface area contributed by atoms with Crippen LogP contribution < -0.4 is 16.2 Å². The number of nitrogens with one attached hydrogen (secondary N) is 2. The van der Waals surface area contributed by atoms with Crippen LogP contribution in [0, 0.1) is 6.92 Å². The summed E-state index contributed by atoms with van der Waals surface area (Å²) in [5.74, 6) is 0.0255. The minimum atomic E-state index is -0.870. The Morgan fingerprint density at radius 3 is 2.82 bits per heavy atom. The number of nitrogens with zero attached hydrogens (tertiary/aromatic N) is 5. The predicted molar refractivity (Wildman–Crippen MR) is 147 cm³/mol. The van der Waals surface area contributed by atoms with Gasteiger partial charge in [0.05, 0.1) is 29.6 Å². The highest BCUT2D eigenvalue weighted by Gasteiger charge is 2.23. The van der Waals surface area contributed by atoms with Crippen LogP contribution in [0.1, 0.15) is 43.0 Å². The van der Waals surface area contributed by atoms with Gasteiger partial charge in [-0.25, -0.2) is 14.5 Å². The molecule has 0 spiro atoms. The summed E-state index contributed by atoms with van der Waals surface area (Å²) in [5.41, 5.74) is 2.71. The number of carbonyl (C=O) groups excluding carboxylic acids is 1. The van der Waals surface area contributed by atoms with Gasteiger partial charge in [0, 0.05) is 31.0 Å². The Labute approximate surface area is 229 Å². The number of fused-ring (bicyclic) bond motifs is 1. The van der Waals surface area contributed by atoms with E-state index in [1.165, 1.54) is 21.6 Å². The van der Waals surface area contributed by atoms with Gasteiger partial charge in [0.2, 0.25) is 11.9 Å². The summed E-state index contributed by atoms with van der Waals surface area (Å²) >= 11 is 6.43. The van der Waals surface area contributed by atoms with Crippen molar-refractivity contribution in [3.8, 4) is 11.3 Å². The van der Waals surface area contributed by atoms with Crippen LogP contribution in [0.25, 0.3) is 16.8 Å². The molecule has 1 aliphatic heterocycles. The van der Waals surface area contributed by atoms with E-state index in [0.717, 1.165) is 24.0 Å². The highest BCUT2D eigenvalue weighted by Crippen LogP contribution is 2.28. The number of anilines is 1. The molecule has 12 heteroatoms. The Morgan fingerprint density at radius 2 is 2.08 bits per heavy atom. The Hall–Kier alpha value is -3.80. The molecular formula is C27H30ClN7O4. The number of aliphatic hydroxyl groups excluding tert-OH is 1. The number of hydrogen-bond donors (Lipinski definition) is 3. The molecule has 0 saturated carbocycles. The molecule has 3 N–H and O–H groups in total. The lowest BCUT2D eigenvalue weighted by Crippen LogP contribution is -2.39. The van der Waals surface area contributed by atoms with E-state index in [9.17, 15) is 14.7 Å². The van der Waals surface area contributed by atoms with E-state index < -0.39 is 23.6 Å². The number of carbonyl (C=O) groups is 1. The van der Waals surface area contributed by atoms with Crippen LogP contribution in [0.2, 0.25) is 5.02 Å². The van der Waals surface area contributed by atoms with Crippen molar-refractivity contribution < 1.29 is 14.6 Å². The summed E-state index contributed by atoms with van der Waals surface area (Å²) in [6.07, 6.45) is 6.23. The number of amides is 1. The van der Waals surface area contributed by atoms with E-state index in [-0.39, 0.29) is 18.2 Å². The van der Waals surface area contributed by atoms with Gasteiger partial charge in [-0.05, 0) is 38.3 Å². The Balaban J connectivity index is 1.39. The molecule has 39 heavy (non-hydrogen) atoms. The first-order valence-electron chi connectivity index (χ1n) is 12.8. The first kappa shape index (κ1) is 26.8. The summed E-state index contributed by atoms with van der Waals surface area (Å²) in [7, 11) is 0. The highest BCUT2D eigenvalue weighted by atomic mass is 35.5. The third-order valence-corrected chi connectivity index (χ3v) is 7.14. The molecule has 0 radical (unpaired) electrons. The Bertz CT molecular complexity index is 1550. The van der Waals surface area contributed by atoms with Gasteiger partial charge in [0.15, 0.2) is 0 Å². The molecule has 1 aromatic carbocycles. The average Bonchev–Trinajstić information content (AvgIpc) is 3.38. The molecule has 1 amide bonds. The van der Waals surface area contributed by atoms with Crippen LogP contribution in [0.4, 0.5) is 5.95 Å². The minimum absolute atomic E-state index is 0.207. The van der Waals surface area contributed by atoms with E-state index >= 15 is 0 Å². The zero-order valence-electron chi connectivity index (χ0n) is 21.7. The average molecular weight is 552 g/mol. The maximum atomic E-state index is 13.4. The summed E-state index contributed by atoms with van der Waals surface area (Å²) in [4.78, 5) is 35.3. The fourth-order valence-corrected chi connectivity index (χ4v) is 4.81. The van der Waals surface area contributed by atoms with E-state index in [0.29, 0.717) is 35.4 Å². The quantitative estimate of drug-likeness (QED) is 0.304. The van der Waals surface area contributed by atoms with E-state index in [1.54, 1.807) is 19.2 Å². The van der Waals surface area contributed by atoms with Crippen LogP contribution in [0.15, 0.2) is 53.8 Å². The molecule has 1 aliphatic rings. The van der Waals surface area contributed by atoms with E-state index in [1.807, 2.05) is 31.2 Å². The maximum Gasteiger partial charge on any atom is 0.278 e. The van der Waals surface area contributed by atoms with E-state index in [2.05, 4.69) is 25.7 Å². The maximum absolute atomic E-state index is 13.4. The van der Waals surface area contributed by atoms with Gasteiger partial charge >= 0.3 is 0 Å². The largest absolute Gasteiger partial charge is 0.394 e. The molecule has 11 nitrogen and oxygen atoms in total. The van der Waals surface area contributed by atoms with Crippen molar-refractivity contribution in [2.75, 3.05) is 25.1 Å². The van der Waals surface area contributed by atoms with Gasteiger partial charge in [-0.3, -0.25) is 14.2 Å². The molecule has 5 rings (SSSR count). The number of ether oxygens (including phenoxy) is 1. The highest BCUT2D eigenvalue weighted by molar-refractivity contribution is 6.32. The standard InChI is InChI=1S/C27H30ClN7O4/c1-16-4-3-5-18(10-16)22(14-36)32-25(37)17(2)34-15-30-35-13-19(11-23(35)26(34)38)24-21(28)12-29-27(33-24)31-20-6-8-39-9-7-20/h3-5,10-13,15,17,20,22,36H,6-9,14H2,1-2H3,(H,32,37)(H,29,31,33). The molecule has 0 bridgehead atoms. The molecule has 1 fully saturated rings. The zero-order valence-corrected chi connectivity index (χ0v) is 22.4. The second-order valence-electron chi connectivity index (χ2n) is 9.66. The van der Waals surface area contributed by atoms with Crippen molar-refractivity contribution >= 4 is 29.0 Å². The van der Waals surface area contributed by atoms with Crippen LogP contribution in [-0.4, -0.2) is 61.0 Å². The third-order valence-electron chi connectivity index (χ3n) is 6.87. The predicted octanol–water partition coefficient (Wildman–Crippen LogP) is 2.92. The Kier molecular flexibility index (Phi) is 7.92. The zero-order chi connectivity index (χ0) is 27.5. The lowest BCUT2D eigenvalue weighted by atomic mass is 10.0. The second kappa shape index (κ2) is 11.5. The number of rotatable bonds is 8. The van der Waals surface area contributed by atoms with Gasteiger partial charge in [-0.15, -0.1) is 0 Å². The van der Waals surface area contributed by atoms with Gasteiger partial charge < -0.3 is 20.5 Å². The number of hydrogen-bond acceptors (Lipinski definition) is 8. The summed E-state index contributed by atoms with van der Waals surface area (Å²) in [6.45, 7) is 4.64. The molecule has 3 aromatic heterocycles. The monoisotopic (exact) mass is 551 g/mol. The molecule has 4 heterocycles. The second-order valence-corrected chi connectivity index (χ2v) is 10.1. The molecule has 2 unspecified atom stereocenters. The first-order chi connectivity index (χ1) is 18.8. The van der Waals surface area contributed by atoms with Crippen LogP contribution in [0.3, 0.4) is 0 Å². The smallest absolute Gasteiger partial charge is 0.278 e. The van der Waals surface area contributed by atoms with Gasteiger partial charge in [-0.2, -0.15) is 5.10 Å². The number of benzene rings is 1. The van der Waals surface area contributed by atoms with Crippen molar-refractivity contribution in [2.45, 2.75) is 44.8 Å². The SMILES string of the molecule is Cc1cccc(C(CO)NC(=O)C(C)n2cnn3cc(-c4nc(NC5CCOCC5)ncc4Cl)cc3c2=O)c1. The third kappa shape index (κ3) is 5.80. The van der Waals surface area contributed by atoms with Gasteiger partial charge in [0.1, 0.15) is 17.9 Å². The molecule has 4 aromatic rings. The number of aromatic nitrogens is 5. The molecular weight excluding hydrogens is 522 g/mol. The fourth-order valence-electron chi connectivity index (χ4n) is 4.61. The molecule has 2 atom stereocenters. The molecule has 1 saturated heterocycles. The molecule has 204 valence electrons. The first-order valence-corrected chi connectivity index (χ1v) is 13.2. The minimum Gasteiger partial charge on any atom is -0.394 e. The normalized spacial score (nSPS) is 15.7. The Morgan fingerprint density at radius 1 is 1.28 bits per heavy atom. The lowest BCUT2D eigenvalue weighted by Gasteiger charge is -2.23. The van der Waals surface area contributed by atoms with Crippen molar-refractivity contribution in [1.82, 2.24) is 29.5 Å². The van der Waals surface area contributed by atoms with Crippen LogP contribution >= 0.6 is 11.6 Å². The van der Waals surface area contributed by atoms with Crippen molar-refractivity contribution in [1.29, 1.82) is 0 Å². The molecule has 0 aliphatic carbocycles. The number of aliphatic hydroxyl groups is 1. The summed E-state index contributed by atoms with van der Waals surface area (Å²) < 4.78 is 8.10. The summed E-state index contributed by atoms with van der Waals surface area (Å²) in [6, 6.07) is 7.92.